The van der Waals surface area contributed by atoms with Gasteiger partial charge in [0.2, 0.25) is 0 Å². The van der Waals surface area contributed by atoms with E-state index in [1.54, 1.807) is 0 Å². The Morgan fingerprint density at radius 3 is 1.76 bits per heavy atom. The first-order valence-corrected chi connectivity index (χ1v) is 11.7. The molecule has 0 aliphatic rings. The zero-order chi connectivity index (χ0) is 15.1. The van der Waals surface area contributed by atoms with E-state index in [0.717, 1.165) is 6.54 Å². The number of rotatable bonds is 6. The van der Waals surface area contributed by atoms with Crippen LogP contribution in [-0.2, 0) is 12.4 Å². The normalized spacial score (nSPS) is 10.4. The first-order chi connectivity index (χ1) is 10.2. The van der Waals surface area contributed by atoms with Gasteiger partial charge in [0, 0.05) is 0 Å². The third-order valence-corrected chi connectivity index (χ3v) is 10.3. The number of carbonyl (C=O) groups excluding carboxylic acids is 2. The molecule has 0 radical (unpaired) electrons. The summed E-state index contributed by atoms with van der Waals surface area (Å²) >= 11 is -2.78. The van der Waals surface area contributed by atoms with Crippen LogP contribution in [-0.4, -0.2) is 33.9 Å². The number of Topliss-reactive ketones (excluding diaryl/α,β-unsaturated/α-hetero) is 1. The zero-order valence-corrected chi connectivity index (χ0v) is 15.3. The van der Waals surface area contributed by atoms with Gasteiger partial charge < -0.3 is 0 Å². The second-order valence-corrected chi connectivity index (χ2v) is 11.6. The SMILES string of the molecule is CC(=O)CCC(=O)[O][Bi]([c]1ccccc1)[c]1ccccc1. The second-order valence-electron chi connectivity index (χ2n) is 4.63. The summed E-state index contributed by atoms with van der Waals surface area (Å²) < 4.78 is 8.03. The molecule has 0 bridgehead atoms. The van der Waals surface area contributed by atoms with E-state index in [0.29, 0.717) is 0 Å². The fraction of sp³-hybridized carbons (Fsp3) is 0.176. The summed E-state index contributed by atoms with van der Waals surface area (Å²) in [4.78, 5) is 23.0. The summed E-state index contributed by atoms with van der Waals surface area (Å²) in [5, 5.41) is 0. The van der Waals surface area contributed by atoms with Gasteiger partial charge in [-0.15, -0.1) is 0 Å². The average molecular weight is 478 g/mol. The summed E-state index contributed by atoms with van der Waals surface area (Å²) in [6.45, 7) is 1.49. The van der Waals surface area contributed by atoms with E-state index >= 15 is 0 Å². The van der Waals surface area contributed by atoms with Crippen molar-refractivity contribution >= 4 is 40.5 Å². The van der Waals surface area contributed by atoms with Crippen molar-refractivity contribution in [1.29, 1.82) is 0 Å². The van der Waals surface area contributed by atoms with Crippen molar-refractivity contribution in [3.8, 4) is 0 Å². The minimum absolute atomic E-state index is 0.0115. The Balaban J connectivity index is 2.17. The summed E-state index contributed by atoms with van der Waals surface area (Å²) in [5.74, 6) is -0.256. The standard InChI is InChI=1S/2C6H5.C5H8O3.Bi/c2*1-2-4-6-5-3-1;1-4(6)2-3-5(7)8;/h2*1-5H;2-3H2,1H3,(H,7,8);/q;;;+1/p-1. The van der Waals surface area contributed by atoms with Crippen LogP contribution in [0.5, 0.6) is 0 Å². The predicted molar refractivity (Wildman–Crippen MR) is 83.9 cm³/mol. The van der Waals surface area contributed by atoms with Gasteiger partial charge in [-0.1, -0.05) is 0 Å². The third kappa shape index (κ3) is 5.06. The van der Waals surface area contributed by atoms with E-state index in [4.69, 9.17) is 2.81 Å². The van der Waals surface area contributed by atoms with Crippen molar-refractivity contribution < 1.29 is 12.4 Å². The zero-order valence-electron chi connectivity index (χ0n) is 11.9. The first-order valence-electron chi connectivity index (χ1n) is 6.77. The topological polar surface area (TPSA) is 43.4 Å². The molecule has 2 rings (SSSR count). The van der Waals surface area contributed by atoms with E-state index in [1.807, 2.05) is 60.7 Å². The summed E-state index contributed by atoms with van der Waals surface area (Å²) in [7, 11) is 0. The van der Waals surface area contributed by atoms with Crippen LogP contribution >= 0.6 is 0 Å². The van der Waals surface area contributed by atoms with Gasteiger partial charge >= 0.3 is 133 Å². The molecule has 0 atom stereocenters. The molecule has 3 nitrogen and oxygen atoms in total. The molecule has 0 aliphatic carbocycles. The molecule has 0 saturated heterocycles. The van der Waals surface area contributed by atoms with Crippen molar-refractivity contribution in [2.75, 3.05) is 0 Å². The van der Waals surface area contributed by atoms with Crippen LogP contribution in [0.4, 0.5) is 0 Å². The van der Waals surface area contributed by atoms with Gasteiger partial charge in [-0.25, -0.2) is 0 Å². The van der Waals surface area contributed by atoms with Crippen LogP contribution in [0.15, 0.2) is 60.7 Å². The quantitative estimate of drug-likeness (QED) is 0.594. The molecular formula is C17H17BiO3. The Bertz CT molecular complexity index is 556. The van der Waals surface area contributed by atoms with Gasteiger partial charge in [-0.2, -0.15) is 0 Å². The number of carbonyl (C=O) groups is 2. The van der Waals surface area contributed by atoms with Gasteiger partial charge in [-0.3, -0.25) is 0 Å². The van der Waals surface area contributed by atoms with Crippen LogP contribution in [0.3, 0.4) is 0 Å². The Hall–Kier alpha value is -1.54. The number of benzene rings is 2. The monoisotopic (exact) mass is 478 g/mol. The molecule has 2 aromatic rings. The van der Waals surface area contributed by atoms with Crippen molar-refractivity contribution in [3.05, 3.63) is 60.7 Å². The van der Waals surface area contributed by atoms with E-state index in [-0.39, 0.29) is 24.6 Å². The minimum atomic E-state index is -2.78. The molecule has 0 aliphatic heterocycles. The first kappa shape index (κ1) is 15.8. The number of ketones is 1. The molecule has 0 fully saturated rings. The van der Waals surface area contributed by atoms with Gasteiger partial charge in [0.15, 0.2) is 0 Å². The summed E-state index contributed by atoms with van der Waals surface area (Å²) in [6.07, 6.45) is 0.417. The fourth-order valence-corrected chi connectivity index (χ4v) is 8.38. The van der Waals surface area contributed by atoms with E-state index in [2.05, 4.69) is 0 Å². The molecule has 0 aromatic heterocycles. The molecule has 108 valence electrons. The van der Waals surface area contributed by atoms with E-state index in [1.165, 1.54) is 6.92 Å². The van der Waals surface area contributed by atoms with Crippen LogP contribution in [0.1, 0.15) is 19.8 Å². The summed E-state index contributed by atoms with van der Waals surface area (Å²) in [5.41, 5.74) is 0. The molecule has 0 heterocycles. The van der Waals surface area contributed by atoms with E-state index < -0.39 is 22.2 Å². The van der Waals surface area contributed by atoms with Crippen LogP contribution in [0, 0.1) is 0 Å². The maximum atomic E-state index is 12.0. The van der Waals surface area contributed by atoms with Crippen molar-refractivity contribution in [3.63, 3.8) is 0 Å². The van der Waals surface area contributed by atoms with Crippen molar-refractivity contribution in [2.24, 2.45) is 0 Å². The molecular weight excluding hydrogens is 461 g/mol. The number of hydrogen-bond donors (Lipinski definition) is 0. The maximum absolute atomic E-state index is 12.0. The molecule has 0 saturated carbocycles. The van der Waals surface area contributed by atoms with Crippen molar-refractivity contribution in [1.82, 2.24) is 0 Å². The fourth-order valence-electron chi connectivity index (χ4n) is 1.81. The van der Waals surface area contributed by atoms with E-state index in [9.17, 15) is 9.59 Å². The Morgan fingerprint density at radius 2 is 1.33 bits per heavy atom. The molecule has 0 amide bonds. The summed E-state index contributed by atoms with van der Waals surface area (Å²) in [6, 6.07) is 19.8. The van der Waals surface area contributed by atoms with Gasteiger partial charge in [0.25, 0.3) is 0 Å². The van der Waals surface area contributed by atoms with Gasteiger partial charge in [0.05, 0.1) is 0 Å². The Morgan fingerprint density at radius 1 is 0.857 bits per heavy atom. The molecule has 21 heavy (non-hydrogen) atoms. The molecule has 4 heteroatoms. The molecule has 0 spiro atoms. The second kappa shape index (κ2) is 8.04. The van der Waals surface area contributed by atoms with Crippen LogP contribution in [0.2, 0.25) is 0 Å². The Kier molecular flexibility index (Phi) is 6.07. The third-order valence-electron chi connectivity index (χ3n) is 2.86. The average Bonchev–Trinajstić information content (AvgIpc) is 2.52. The number of hydrogen-bond acceptors (Lipinski definition) is 3. The molecule has 0 unspecified atom stereocenters. The predicted octanol–water partition coefficient (Wildman–Crippen LogP) is 1.70. The van der Waals surface area contributed by atoms with Crippen molar-refractivity contribution in [2.45, 2.75) is 19.8 Å². The Labute approximate surface area is 133 Å². The van der Waals surface area contributed by atoms with Gasteiger partial charge in [0.1, 0.15) is 0 Å². The van der Waals surface area contributed by atoms with Crippen LogP contribution < -0.4 is 6.54 Å². The van der Waals surface area contributed by atoms with Gasteiger partial charge in [-0.05, 0) is 0 Å². The molecule has 2 aromatic carbocycles. The van der Waals surface area contributed by atoms with Crippen LogP contribution in [0.25, 0.3) is 0 Å². The molecule has 0 N–H and O–H groups in total.